The minimum atomic E-state index is -0.419. The van der Waals surface area contributed by atoms with Gasteiger partial charge in [-0.2, -0.15) is 0 Å². The van der Waals surface area contributed by atoms with Gasteiger partial charge in [0.15, 0.2) is 0 Å². The van der Waals surface area contributed by atoms with Gasteiger partial charge < -0.3 is 13.9 Å². The van der Waals surface area contributed by atoms with E-state index < -0.39 is 6.04 Å². The second-order valence-corrected chi connectivity index (χ2v) is 12.6. The van der Waals surface area contributed by atoms with E-state index in [1.54, 1.807) is 0 Å². The van der Waals surface area contributed by atoms with Gasteiger partial charge in [0, 0.05) is 43.9 Å². The minimum absolute atomic E-state index is 0.118. The molecule has 0 aliphatic carbocycles. The van der Waals surface area contributed by atoms with Gasteiger partial charge in [-0.15, -0.1) is 0 Å². The predicted molar refractivity (Wildman–Crippen MR) is 204 cm³/mol. The summed E-state index contributed by atoms with van der Waals surface area (Å²) < 4.78 is 54.2. The van der Waals surface area contributed by atoms with Gasteiger partial charge in [0.1, 0.15) is 11.5 Å². The molecule has 0 amide bonds. The zero-order chi connectivity index (χ0) is 36.4. The summed E-state index contributed by atoms with van der Waals surface area (Å²) >= 11 is 0. The summed E-state index contributed by atoms with van der Waals surface area (Å²) in [6, 6.07) is 46.1. The minimum Gasteiger partial charge on any atom is -0.456 e. The van der Waals surface area contributed by atoms with Crippen LogP contribution in [-0.4, -0.2) is 9.13 Å². The molecule has 3 heteroatoms. The topological polar surface area (TPSA) is 19.1 Å². The Bertz CT molecular complexity index is 3230. The van der Waals surface area contributed by atoms with Crippen molar-refractivity contribution in [2.24, 2.45) is 0 Å². The average Bonchev–Trinajstić information content (AvgIpc) is 3.72. The Morgan fingerprint density at radius 1 is 0.408 bits per heavy atom. The highest BCUT2D eigenvalue weighted by molar-refractivity contribution is 6.26. The predicted octanol–water partition coefficient (Wildman–Crippen LogP) is 12.5. The zero-order valence-electron chi connectivity index (χ0n) is 31.1. The molecule has 10 aromatic rings. The van der Waals surface area contributed by atoms with Gasteiger partial charge in [-0.3, -0.25) is 0 Å². The van der Waals surface area contributed by atoms with Gasteiger partial charge in [-0.05, 0) is 94.8 Å². The molecule has 3 heterocycles. The molecule has 0 saturated heterocycles. The van der Waals surface area contributed by atoms with Crippen LogP contribution in [0.2, 0.25) is 0 Å². The largest absolute Gasteiger partial charge is 0.456 e. The van der Waals surface area contributed by atoms with Gasteiger partial charge in [-0.1, -0.05) is 97.0 Å². The quantitative estimate of drug-likeness (QED) is 0.190. The highest BCUT2D eigenvalue weighted by atomic mass is 16.5. The molecule has 3 nitrogen and oxygen atoms in total. The maximum atomic E-state index is 9.05. The lowest BCUT2D eigenvalue weighted by atomic mass is 9.91. The number of para-hydroxylation sites is 4. The highest BCUT2D eigenvalue weighted by Gasteiger charge is 2.25. The number of rotatable bonds is 3. The Balaban J connectivity index is 1.24. The molecule has 0 fully saturated rings. The van der Waals surface area contributed by atoms with Crippen LogP contribution in [0.4, 0.5) is 0 Å². The number of nitrogens with zero attached hydrogens (tertiary/aromatic N) is 2. The van der Waals surface area contributed by atoms with Crippen LogP contribution in [0, 0.1) is 0 Å². The van der Waals surface area contributed by atoms with Crippen molar-refractivity contribution in [1.29, 1.82) is 0 Å². The third kappa shape index (κ3) is 3.73. The van der Waals surface area contributed by atoms with Crippen molar-refractivity contribution in [3.63, 3.8) is 0 Å². The van der Waals surface area contributed by atoms with E-state index in [9.17, 15) is 0 Å². The highest BCUT2D eigenvalue weighted by Crippen LogP contribution is 2.50. The summed E-state index contributed by atoms with van der Waals surface area (Å²) in [7, 11) is 0. The molecule has 1 aliphatic rings. The SMILES string of the molecule is [2H]c1c([2H])c([2H])c(-n2c3ccc(-c4ccc5c(c4)c4ccccc4n5-c4ccccc4)cc3c3c4cccc5c4c(cc32)-c2ccccc2O5)c([2H])c1[2H]. The molecule has 1 aliphatic heterocycles. The van der Waals surface area contributed by atoms with Crippen molar-refractivity contribution in [2.45, 2.75) is 0 Å². The lowest BCUT2D eigenvalue weighted by Gasteiger charge is -2.22. The molecule has 8 aromatic carbocycles. The molecule has 228 valence electrons. The summed E-state index contributed by atoms with van der Waals surface area (Å²) in [5, 5.41) is 6.07. The summed E-state index contributed by atoms with van der Waals surface area (Å²) in [4.78, 5) is 0. The third-order valence-corrected chi connectivity index (χ3v) is 9.98. The second-order valence-electron chi connectivity index (χ2n) is 12.6. The number of hydrogen-bond acceptors (Lipinski definition) is 1. The normalized spacial score (nSPS) is 13.7. The maximum Gasteiger partial charge on any atom is 0.135 e. The second kappa shape index (κ2) is 9.96. The van der Waals surface area contributed by atoms with E-state index in [1.165, 1.54) is 0 Å². The molecule has 0 atom stereocenters. The van der Waals surface area contributed by atoms with Crippen molar-refractivity contribution in [3.8, 4) is 45.1 Å². The molecule has 0 spiro atoms. The fourth-order valence-corrected chi connectivity index (χ4v) is 7.93. The van der Waals surface area contributed by atoms with E-state index >= 15 is 0 Å². The molecule has 49 heavy (non-hydrogen) atoms. The van der Waals surface area contributed by atoms with E-state index in [0.29, 0.717) is 0 Å². The maximum absolute atomic E-state index is 9.05. The van der Waals surface area contributed by atoms with Crippen molar-refractivity contribution >= 4 is 54.4 Å². The first-order valence-corrected chi connectivity index (χ1v) is 16.4. The van der Waals surface area contributed by atoms with Crippen LogP contribution in [0.1, 0.15) is 6.85 Å². The van der Waals surface area contributed by atoms with Crippen molar-refractivity contribution in [3.05, 3.63) is 170 Å². The van der Waals surface area contributed by atoms with Gasteiger partial charge in [-0.25, -0.2) is 0 Å². The molecule has 11 rings (SSSR count). The lowest BCUT2D eigenvalue weighted by Crippen LogP contribution is -1.98. The zero-order valence-corrected chi connectivity index (χ0v) is 26.1. The van der Waals surface area contributed by atoms with Crippen LogP contribution in [0.15, 0.2) is 170 Å². The van der Waals surface area contributed by atoms with Gasteiger partial charge in [0.2, 0.25) is 0 Å². The Morgan fingerprint density at radius 3 is 1.92 bits per heavy atom. The Morgan fingerprint density at radius 2 is 1.06 bits per heavy atom. The molecule has 0 radical (unpaired) electrons. The summed E-state index contributed by atoms with van der Waals surface area (Å²) in [6.45, 7) is 0. The first kappa shape index (κ1) is 22.1. The summed E-state index contributed by atoms with van der Waals surface area (Å²) in [6.07, 6.45) is 0. The van der Waals surface area contributed by atoms with E-state index in [1.807, 2.05) is 53.1 Å². The monoisotopic (exact) mass is 629 g/mol. The number of hydrogen-bond donors (Lipinski definition) is 0. The Hall–Kier alpha value is -6.58. The Kier molecular flexibility index (Phi) is 4.49. The summed E-state index contributed by atoms with van der Waals surface area (Å²) in [5.74, 6) is 1.50. The fourth-order valence-electron chi connectivity index (χ4n) is 7.93. The van der Waals surface area contributed by atoms with Gasteiger partial charge in [0.05, 0.1) is 28.9 Å². The van der Waals surface area contributed by atoms with Crippen LogP contribution in [0.5, 0.6) is 11.5 Å². The molecule has 0 N–H and O–H groups in total. The van der Waals surface area contributed by atoms with E-state index in [4.69, 9.17) is 11.6 Å². The standard InChI is InChI=1S/C46H28N2O/c1-3-12-31(13-4-1)47-39-19-9-7-16-33(39)36-26-29(22-24-40(36)47)30-23-25-41-38(27-30)45-35-18-11-21-44-46(35)37(34-17-8-10-20-43(34)49-44)28-42(45)48(41)32-14-5-2-6-15-32/h1-28H/i2D,5D,6D,14D,15D. The first-order valence-electron chi connectivity index (χ1n) is 18.9. The molecule has 0 saturated carbocycles. The average molecular weight is 630 g/mol. The van der Waals surface area contributed by atoms with E-state index in [-0.39, 0.29) is 29.9 Å². The molecule has 0 bridgehead atoms. The van der Waals surface area contributed by atoms with Crippen molar-refractivity contribution in [1.82, 2.24) is 9.13 Å². The first-order chi connectivity index (χ1) is 26.4. The fraction of sp³-hybridized carbons (Fsp3) is 0. The van der Waals surface area contributed by atoms with Crippen LogP contribution in [-0.2, 0) is 0 Å². The van der Waals surface area contributed by atoms with Crippen LogP contribution in [0.25, 0.3) is 88.0 Å². The van der Waals surface area contributed by atoms with E-state index in [0.717, 1.165) is 93.8 Å². The smallest absolute Gasteiger partial charge is 0.135 e. The Labute approximate surface area is 289 Å². The number of aromatic nitrogens is 2. The van der Waals surface area contributed by atoms with Crippen LogP contribution < -0.4 is 4.74 Å². The van der Waals surface area contributed by atoms with Crippen molar-refractivity contribution < 1.29 is 11.6 Å². The third-order valence-electron chi connectivity index (χ3n) is 9.98. The number of ether oxygens (including phenoxy) is 1. The van der Waals surface area contributed by atoms with E-state index in [2.05, 4.69) is 95.6 Å². The number of fused-ring (bicyclic) bond motifs is 9. The molecular weight excluding hydrogens is 597 g/mol. The van der Waals surface area contributed by atoms with Crippen LogP contribution >= 0.6 is 0 Å². The summed E-state index contributed by atoms with van der Waals surface area (Å²) in [5.41, 5.74) is 8.91. The molecule has 2 aromatic heterocycles. The molecular formula is C46H28N2O. The van der Waals surface area contributed by atoms with Crippen LogP contribution in [0.3, 0.4) is 0 Å². The molecule has 0 unspecified atom stereocenters. The van der Waals surface area contributed by atoms with Gasteiger partial charge in [0.25, 0.3) is 0 Å². The number of benzene rings is 8. The van der Waals surface area contributed by atoms with Gasteiger partial charge >= 0.3 is 0 Å². The van der Waals surface area contributed by atoms with Crippen molar-refractivity contribution in [2.75, 3.05) is 0 Å². The lowest BCUT2D eigenvalue weighted by molar-refractivity contribution is 0.487.